The van der Waals surface area contributed by atoms with Crippen molar-refractivity contribution < 1.29 is 9.47 Å². The molecule has 0 aliphatic rings. The highest BCUT2D eigenvalue weighted by Gasteiger charge is 2.02. The maximum atomic E-state index is 5.49. The third-order valence-electron chi connectivity index (χ3n) is 2.61. The molecule has 2 nitrogen and oxygen atoms in total. The van der Waals surface area contributed by atoms with Gasteiger partial charge < -0.3 is 9.47 Å². The first-order chi connectivity index (χ1) is 7.81. The first kappa shape index (κ1) is 15.9. The molecular weight excluding hydrogens is 200 g/mol. The van der Waals surface area contributed by atoms with Crippen molar-refractivity contribution in [3.05, 3.63) is 6.29 Å². The van der Waals surface area contributed by atoms with Gasteiger partial charge in [0, 0.05) is 0 Å². The van der Waals surface area contributed by atoms with Crippen LogP contribution in [-0.2, 0) is 9.47 Å². The van der Waals surface area contributed by atoms with Gasteiger partial charge in [-0.1, -0.05) is 52.4 Å². The summed E-state index contributed by atoms with van der Waals surface area (Å²) >= 11 is 0. The van der Waals surface area contributed by atoms with Gasteiger partial charge in [0.15, 0.2) is 0 Å². The Labute approximate surface area is 102 Å². The lowest BCUT2D eigenvalue weighted by Crippen LogP contribution is -2.06. The van der Waals surface area contributed by atoms with Crippen LogP contribution in [0.1, 0.15) is 72.1 Å². The third kappa shape index (κ3) is 12.0. The molecule has 0 aliphatic carbocycles. The molecule has 0 saturated carbocycles. The summed E-state index contributed by atoms with van der Waals surface area (Å²) in [7, 11) is 0. The lowest BCUT2D eigenvalue weighted by atomic mass is 10.1. The van der Waals surface area contributed by atoms with Crippen molar-refractivity contribution in [3.8, 4) is 0 Å². The summed E-state index contributed by atoms with van der Waals surface area (Å²) in [5, 5.41) is 0. The highest BCUT2D eigenvalue weighted by Crippen LogP contribution is 2.08. The Bertz CT molecular complexity index is 126. The van der Waals surface area contributed by atoms with Crippen molar-refractivity contribution >= 4 is 0 Å². The van der Waals surface area contributed by atoms with E-state index in [-0.39, 0.29) is 0 Å². The van der Waals surface area contributed by atoms with Gasteiger partial charge in [-0.3, -0.25) is 0 Å². The summed E-state index contributed by atoms with van der Waals surface area (Å²) in [4.78, 5) is 0. The fourth-order valence-corrected chi connectivity index (χ4v) is 1.50. The number of ether oxygens (including phenoxy) is 2. The monoisotopic (exact) mass is 229 g/mol. The van der Waals surface area contributed by atoms with Gasteiger partial charge in [-0.05, 0) is 19.8 Å². The minimum absolute atomic E-state index is 0.738. The minimum Gasteiger partial charge on any atom is -0.346 e. The Balaban J connectivity index is 3.06. The van der Waals surface area contributed by atoms with Gasteiger partial charge in [0.05, 0.1) is 13.2 Å². The molecule has 1 radical (unpaired) electrons. The topological polar surface area (TPSA) is 18.5 Å². The molecule has 0 unspecified atom stereocenters. The van der Waals surface area contributed by atoms with Gasteiger partial charge >= 0.3 is 0 Å². The van der Waals surface area contributed by atoms with Crippen molar-refractivity contribution in [3.63, 3.8) is 0 Å². The van der Waals surface area contributed by atoms with Gasteiger partial charge in [-0.2, -0.15) is 0 Å². The Morgan fingerprint density at radius 1 is 0.688 bits per heavy atom. The van der Waals surface area contributed by atoms with Gasteiger partial charge in [0.25, 0.3) is 0 Å². The molecule has 0 N–H and O–H groups in total. The third-order valence-corrected chi connectivity index (χ3v) is 2.61. The summed E-state index contributed by atoms with van der Waals surface area (Å²) in [6, 6.07) is 0. The highest BCUT2D eigenvalue weighted by atomic mass is 16.7. The fraction of sp³-hybridized carbons (Fsp3) is 0.929. The summed E-state index contributed by atoms with van der Waals surface area (Å²) in [5.74, 6) is 0. The molecule has 97 valence electrons. The van der Waals surface area contributed by atoms with E-state index in [0.29, 0.717) is 0 Å². The van der Waals surface area contributed by atoms with Crippen molar-refractivity contribution in [2.75, 3.05) is 13.2 Å². The van der Waals surface area contributed by atoms with Crippen molar-refractivity contribution in [2.24, 2.45) is 0 Å². The molecule has 0 aromatic heterocycles. The second-order valence-electron chi connectivity index (χ2n) is 4.31. The second-order valence-corrected chi connectivity index (χ2v) is 4.31. The minimum atomic E-state index is 0.738. The van der Waals surface area contributed by atoms with Crippen LogP contribution in [0.3, 0.4) is 0 Å². The molecule has 0 rings (SSSR count). The Morgan fingerprint density at radius 2 is 1.19 bits per heavy atom. The van der Waals surface area contributed by atoms with Crippen molar-refractivity contribution in [1.82, 2.24) is 0 Å². The summed E-state index contributed by atoms with van der Waals surface area (Å²) in [5.41, 5.74) is 0. The van der Waals surface area contributed by atoms with Crippen LogP contribution < -0.4 is 0 Å². The van der Waals surface area contributed by atoms with E-state index in [1.54, 1.807) is 0 Å². The molecule has 2 heteroatoms. The zero-order valence-electron chi connectivity index (χ0n) is 11.4. The van der Waals surface area contributed by atoms with Gasteiger partial charge in [0.2, 0.25) is 6.29 Å². The predicted molar refractivity (Wildman–Crippen MR) is 69.1 cm³/mol. The Kier molecular flexibility index (Phi) is 12.9. The first-order valence-electron chi connectivity index (χ1n) is 6.90. The lowest BCUT2D eigenvalue weighted by molar-refractivity contribution is -0.0390. The van der Waals surface area contributed by atoms with Gasteiger partial charge in [-0.25, -0.2) is 0 Å². The number of hydrogen-bond donors (Lipinski definition) is 0. The van der Waals surface area contributed by atoms with Crippen LogP contribution in [0.15, 0.2) is 0 Å². The number of hydrogen-bond acceptors (Lipinski definition) is 2. The molecule has 0 spiro atoms. The quantitative estimate of drug-likeness (QED) is 0.452. The number of rotatable bonds is 12. The first-order valence-corrected chi connectivity index (χ1v) is 6.90. The molecular formula is C14H29O2. The van der Waals surface area contributed by atoms with E-state index in [1.165, 1.54) is 38.5 Å². The maximum Gasteiger partial charge on any atom is 0.220 e. The zero-order chi connectivity index (χ0) is 12.1. The molecule has 0 aromatic rings. The molecule has 0 amide bonds. The molecule has 0 aromatic carbocycles. The smallest absolute Gasteiger partial charge is 0.220 e. The van der Waals surface area contributed by atoms with Gasteiger partial charge in [0.1, 0.15) is 0 Å². The molecule has 0 saturated heterocycles. The van der Waals surface area contributed by atoms with E-state index in [0.717, 1.165) is 32.3 Å². The van der Waals surface area contributed by atoms with E-state index in [9.17, 15) is 0 Å². The molecule has 0 atom stereocenters. The maximum absolute atomic E-state index is 5.49. The van der Waals surface area contributed by atoms with E-state index in [2.05, 4.69) is 13.8 Å². The molecule has 0 bridgehead atoms. The standard InChI is InChI=1S/C14H29O2/c1-4-6-8-9-10-11-13-16-14(3)15-12-7-5-2/h4-13H2,1-3H3. The van der Waals surface area contributed by atoms with Crippen LogP contribution in [0.5, 0.6) is 0 Å². The van der Waals surface area contributed by atoms with Crippen molar-refractivity contribution in [2.45, 2.75) is 72.1 Å². The lowest BCUT2D eigenvalue weighted by Gasteiger charge is -2.11. The fourth-order valence-electron chi connectivity index (χ4n) is 1.50. The average Bonchev–Trinajstić information content (AvgIpc) is 2.28. The molecule has 0 heterocycles. The van der Waals surface area contributed by atoms with Crippen LogP contribution in [0.25, 0.3) is 0 Å². The number of unbranched alkanes of at least 4 members (excludes halogenated alkanes) is 6. The van der Waals surface area contributed by atoms with Crippen molar-refractivity contribution in [1.29, 1.82) is 0 Å². The summed E-state index contributed by atoms with van der Waals surface area (Å²) in [6.07, 6.45) is 10.8. The Morgan fingerprint density at radius 3 is 1.81 bits per heavy atom. The van der Waals surface area contributed by atoms with Crippen LogP contribution in [0.2, 0.25) is 0 Å². The van der Waals surface area contributed by atoms with Crippen LogP contribution in [-0.4, -0.2) is 13.2 Å². The second kappa shape index (κ2) is 13.0. The van der Waals surface area contributed by atoms with E-state index in [1.807, 2.05) is 6.92 Å². The van der Waals surface area contributed by atoms with Crippen LogP contribution in [0, 0.1) is 6.29 Å². The highest BCUT2D eigenvalue weighted by molar-refractivity contribution is 4.55. The molecule has 0 fully saturated rings. The molecule has 16 heavy (non-hydrogen) atoms. The average molecular weight is 229 g/mol. The summed E-state index contributed by atoms with van der Waals surface area (Å²) < 4.78 is 10.9. The summed E-state index contributed by atoms with van der Waals surface area (Å²) in [6.45, 7) is 7.92. The zero-order valence-corrected chi connectivity index (χ0v) is 11.4. The normalized spacial score (nSPS) is 11.2. The van der Waals surface area contributed by atoms with Crippen LogP contribution in [0.4, 0.5) is 0 Å². The SMILES string of the molecule is CCCCCCCCO[C](C)OCCCC. The van der Waals surface area contributed by atoms with E-state index >= 15 is 0 Å². The van der Waals surface area contributed by atoms with E-state index < -0.39 is 0 Å². The Hall–Kier alpha value is -0.0800. The molecule has 0 aliphatic heterocycles. The van der Waals surface area contributed by atoms with E-state index in [4.69, 9.17) is 9.47 Å². The van der Waals surface area contributed by atoms with Crippen LogP contribution >= 0.6 is 0 Å². The van der Waals surface area contributed by atoms with Gasteiger partial charge in [-0.15, -0.1) is 0 Å². The largest absolute Gasteiger partial charge is 0.346 e. The predicted octanol–water partition coefficient (Wildman–Crippen LogP) is 4.69.